The summed E-state index contributed by atoms with van der Waals surface area (Å²) in [7, 11) is 0. The van der Waals surface area contributed by atoms with E-state index in [1.165, 1.54) is 0 Å². The molecule has 6 nitrogen and oxygen atoms in total. The number of rotatable bonds is 4. The molecule has 6 heteroatoms. The molecule has 1 amide bonds. The van der Waals surface area contributed by atoms with Crippen molar-refractivity contribution in [2.24, 2.45) is 5.73 Å². The molecule has 1 unspecified atom stereocenters. The number of hydrogen-bond acceptors (Lipinski definition) is 4. The van der Waals surface area contributed by atoms with Gasteiger partial charge in [0.2, 0.25) is 5.91 Å². The first kappa shape index (κ1) is 13.0. The molecular weight excluding hydrogens is 230 g/mol. The monoisotopic (exact) mass is 251 g/mol. The predicted octanol–water partition coefficient (Wildman–Crippen LogP) is -0.277. The van der Waals surface area contributed by atoms with Crippen molar-refractivity contribution in [2.45, 2.75) is 32.5 Å². The van der Waals surface area contributed by atoms with Gasteiger partial charge in [0.05, 0.1) is 6.20 Å². The first-order chi connectivity index (χ1) is 8.58. The fraction of sp³-hybridized carbons (Fsp3) is 0.667. The number of aromatic nitrogens is 2. The molecule has 0 spiro atoms. The van der Waals surface area contributed by atoms with Gasteiger partial charge in [-0.15, -0.1) is 0 Å². The Morgan fingerprint density at radius 1 is 1.67 bits per heavy atom. The quantitative estimate of drug-likeness (QED) is 0.772. The van der Waals surface area contributed by atoms with Crippen molar-refractivity contribution in [3.8, 4) is 0 Å². The minimum atomic E-state index is -0.265. The smallest absolute Gasteiger partial charge is 0.236 e. The number of carbonyl (C=O) groups is 1. The van der Waals surface area contributed by atoms with E-state index in [2.05, 4.69) is 29.2 Å². The number of piperazine rings is 1. The number of hydrogen-bond donors (Lipinski definition) is 2. The predicted molar refractivity (Wildman–Crippen MR) is 68.9 cm³/mol. The van der Waals surface area contributed by atoms with E-state index >= 15 is 0 Å². The van der Waals surface area contributed by atoms with E-state index in [1.54, 1.807) is 0 Å². The van der Waals surface area contributed by atoms with Crippen LogP contribution in [0.15, 0.2) is 12.4 Å². The van der Waals surface area contributed by atoms with Crippen LogP contribution in [0.2, 0.25) is 0 Å². The topological polar surface area (TPSA) is 76.2 Å². The average molecular weight is 251 g/mol. The van der Waals surface area contributed by atoms with Gasteiger partial charge in [0.25, 0.3) is 0 Å². The first-order valence-corrected chi connectivity index (χ1v) is 6.35. The van der Waals surface area contributed by atoms with Gasteiger partial charge in [0.1, 0.15) is 6.04 Å². The van der Waals surface area contributed by atoms with E-state index in [9.17, 15) is 4.79 Å². The second-order valence-corrected chi connectivity index (χ2v) is 5.02. The van der Waals surface area contributed by atoms with E-state index in [0.717, 1.165) is 25.2 Å². The summed E-state index contributed by atoms with van der Waals surface area (Å²) >= 11 is 0. The van der Waals surface area contributed by atoms with Crippen molar-refractivity contribution < 1.29 is 4.79 Å². The normalized spacial score (nSPS) is 21.4. The number of amides is 1. The van der Waals surface area contributed by atoms with Gasteiger partial charge in [0.15, 0.2) is 0 Å². The van der Waals surface area contributed by atoms with Crippen LogP contribution in [-0.4, -0.2) is 46.3 Å². The third-order valence-electron chi connectivity index (χ3n) is 3.25. The van der Waals surface area contributed by atoms with Crippen LogP contribution in [0, 0.1) is 0 Å². The lowest BCUT2D eigenvalue weighted by molar-refractivity contribution is -0.124. The molecule has 0 saturated carbocycles. The van der Waals surface area contributed by atoms with Gasteiger partial charge in [0, 0.05) is 44.0 Å². The van der Waals surface area contributed by atoms with E-state index < -0.39 is 0 Å². The summed E-state index contributed by atoms with van der Waals surface area (Å²) in [4.78, 5) is 13.5. The largest absolute Gasteiger partial charge is 0.368 e. The number of nitrogens with zero attached hydrogens (tertiary/aromatic N) is 3. The van der Waals surface area contributed by atoms with Crippen molar-refractivity contribution in [3.05, 3.63) is 18.0 Å². The summed E-state index contributed by atoms with van der Waals surface area (Å²) in [6.45, 7) is 7.26. The van der Waals surface area contributed by atoms with Crippen LogP contribution in [0.3, 0.4) is 0 Å². The Morgan fingerprint density at radius 2 is 2.44 bits per heavy atom. The lowest BCUT2D eigenvalue weighted by Crippen LogP contribution is -2.56. The maximum absolute atomic E-state index is 11.4. The third-order valence-corrected chi connectivity index (χ3v) is 3.25. The Balaban J connectivity index is 2.03. The van der Waals surface area contributed by atoms with E-state index in [0.29, 0.717) is 12.6 Å². The highest BCUT2D eigenvalue weighted by atomic mass is 16.1. The summed E-state index contributed by atoms with van der Waals surface area (Å²) in [6.07, 6.45) is 3.89. The molecule has 1 fully saturated rings. The maximum Gasteiger partial charge on any atom is 0.236 e. The lowest BCUT2D eigenvalue weighted by Gasteiger charge is -2.33. The summed E-state index contributed by atoms with van der Waals surface area (Å²) in [5.41, 5.74) is 6.55. The second kappa shape index (κ2) is 5.49. The van der Waals surface area contributed by atoms with E-state index in [4.69, 9.17) is 5.73 Å². The molecule has 0 bridgehead atoms. The molecule has 0 radical (unpaired) electrons. The molecule has 100 valence electrons. The molecule has 1 saturated heterocycles. The van der Waals surface area contributed by atoms with Gasteiger partial charge >= 0.3 is 0 Å². The van der Waals surface area contributed by atoms with Gasteiger partial charge in [-0.3, -0.25) is 14.4 Å². The summed E-state index contributed by atoms with van der Waals surface area (Å²) in [6, 6.07) is 0.134. The molecule has 2 rings (SSSR count). The van der Waals surface area contributed by atoms with Crippen molar-refractivity contribution in [1.82, 2.24) is 20.0 Å². The van der Waals surface area contributed by atoms with E-state index in [1.807, 2.05) is 17.1 Å². The third kappa shape index (κ3) is 2.88. The summed E-state index contributed by atoms with van der Waals surface area (Å²) in [5.74, 6) is -0.265. The van der Waals surface area contributed by atoms with Crippen molar-refractivity contribution in [3.63, 3.8) is 0 Å². The zero-order valence-electron chi connectivity index (χ0n) is 11.0. The van der Waals surface area contributed by atoms with Crippen LogP contribution in [0.25, 0.3) is 0 Å². The second-order valence-electron chi connectivity index (χ2n) is 5.02. The van der Waals surface area contributed by atoms with Crippen LogP contribution >= 0.6 is 0 Å². The number of carbonyl (C=O) groups excluding carboxylic acids is 1. The highest BCUT2D eigenvalue weighted by molar-refractivity contribution is 5.80. The van der Waals surface area contributed by atoms with Crippen LogP contribution in [0.5, 0.6) is 0 Å². The highest BCUT2D eigenvalue weighted by Crippen LogP contribution is 2.11. The van der Waals surface area contributed by atoms with E-state index in [-0.39, 0.29) is 11.9 Å². The Labute approximate surface area is 107 Å². The summed E-state index contributed by atoms with van der Waals surface area (Å²) in [5, 5.41) is 7.50. The zero-order chi connectivity index (χ0) is 13.1. The molecule has 0 aliphatic carbocycles. The molecule has 2 heterocycles. The van der Waals surface area contributed by atoms with Crippen LogP contribution in [0.1, 0.15) is 25.5 Å². The molecule has 1 aromatic heterocycles. The fourth-order valence-corrected chi connectivity index (χ4v) is 2.19. The number of nitrogens with one attached hydrogen (secondary N) is 1. The van der Waals surface area contributed by atoms with Crippen LogP contribution in [0.4, 0.5) is 0 Å². The van der Waals surface area contributed by atoms with Gasteiger partial charge in [-0.05, 0) is 13.8 Å². The Bertz CT molecular complexity index is 414. The fourth-order valence-electron chi connectivity index (χ4n) is 2.19. The first-order valence-electron chi connectivity index (χ1n) is 6.35. The molecule has 1 atom stereocenters. The Morgan fingerprint density at radius 3 is 3.06 bits per heavy atom. The minimum Gasteiger partial charge on any atom is -0.368 e. The zero-order valence-corrected chi connectivity index (χ0v) is 11.0. The van der Waals surface area contributed by atoms with Gasteiger partial charge in [-0.25, -0.2) is 0 Å². The maximum atomic E-state index is 11.4. The average Bonchev–Trinajstić information content (AvgIpc) is 2.78. The summed E-state index contributed by atoms with van der Waals surface area (Å²) < 4.78 is 1.93. The lowest BCUT2D eigenvalue weighted by atomic mass is 10.1. The molecule has 18 heavy (non-hydrogen) atoms. The molecule has 0 aromatic carbocycles. The van der Waals surface area contributed by atoms with Crippen LogP contribution < -0.4 is 11.1 Å². The molecule has 3 N–H and O–H groups in total. The van der Waals surface area contributed by atoms with Crippen molar-refractivity contribution in [2.75, 3.05) is 19.6 Å². The van der Waals surface area contributed by atoms with Gasteiger partial charge < -0.3 is 11.1 Å². The number of nitrogens with two attached hydrogens (primary N) is 1. The Hall–Kier alpha value is -1.40. The van der Waals surface area contributed by atoms with Gasteiger partial charge in [-0.1, -0.05) is 0 Å². The molecule has 1 aromatic rings. The van der Waals surface area contributed by atoms with Crippen molar-refractivity contribution in [1.29, 1.82) is 0 Å². The molecular formula is C12H21N5O. The molecule has 1 aliphatic heterocycles. The minimum absolute atomic E-state index is 0.221. The van der Waals surface area contributed by atoms with Gasteiger partial charge in [-0.2, -0.15) is 5.10 Å². The van der Waals surface area contributed by atoms with Crippen molar-refractivity contribution >= 4 is 5.91 Å². The van der Waals surface area contributed by atoms with Crippen LogP contribution in [-0.2, 0) is 11.3 Å². The number of primary amides is 1. The standard InChI is InChI=1S/C12H21N5O/c1-9(2)17-8-10(5-15-17)7-16-4-3-14-6-11(16)12(13)18/h5,8-9,11,14H,3-4,6-7H2,1-2H3,(H2,13,18). The SMILES string of the molecule is CC(C)n1cc(CN2CCNCC2C(N)=O)cn1. The Kier molecular flexibility index (Phi) is 3.98. The molecule has 1 aliphatic rings. The highest BCUT2D eigenvalue weighted by Gasteiger charge is 2.26.